The molecule has 1 saturated carbocycles. The molecule has 1 aliphatic carbocycles. The van der Waals surface area contributed by atoms with E-state index in [0.29, 0.717) is 40.5 Å². The molecular weight excluding hydrogens is 438 g/mol. The number of hydrogen-bond donors (Lipinski definition) is 2. The van der Waals surface area contributed by atoms with Gasteiger partial charge in [0.1, 0.15) is 24.2 Å². The van der Waals surface area contributed by atoms with Crippen LogP contribution in [-0.4, -0.2) is 56.9 Å². The zero-order valence-corrected chi connectivity index (χ0v) is 19.2. The standard InChI is InChI=1S/C23H27N7O4/c1-13-26-29-22(34-13)15-8-9-18-17(11-15)30(2)23(32)16(12-33-18)24-21(31)20-25-19(27-28-20)10-14-6-4-3-5-7-14/h8-9,11,14,16H,3-7,10,12H2,1-2H3,(H,24,31)(H,25,27,28)/t16-/m0/s1. The summed E-state index contributed by atoms with van der Waals surface area (Å²) < 4.78 is 11.3. The number of aryl methyl sites for hydroxylation is 1. The third-order valence-electron chi connectivity index (χ3n) is 6.37. The molecule has 0 spiro atoms. The SMILES string of the molecule is Cc1nnc(-c2ccc3c(c2)N(C)C(=O)[C@@H](NC(=O)c2n[nH]c(CC4CCCCC4)n2)CO3)o1. The van der Waals surface area contributed by atoms with Gasteiger partial charge >= 0.3 is 0 Å². The first kappa shape index (κ1) is 22.1. The monoisotopic (exact) mass is 465 g/mol. The van der Waals surface area contributed by atoms with Crippen LogP contribution in [0, 0.1) is 12.8 Å². The van der Waals surface area contributed by atoms with Crippen LogP contribution in [0.4, 0.5) is 5.69 Å². The van der Waals surface area contributed by atoms with Crippen LogP contribution in [-0.2, 0) is 11.2 Å². The van der Waals surface area contributed by atoms with Crippen molar-refractivity contribution in [1.82, 2.24) is 30.7 Å². The number of nitrogens with one attached hydrogen (secondary N) is 2. The zero-order valence-electron chi connectivity index (χ0n) is 19.2. The van der Waals surface area contributed by atoms with Crippen molar-refractivity contribution in [2.45, 2.75) is 51.5 Å². The van der Waals surface area contributed by atoms with Gasteiger partial charge in [-0.05, 0) is 24.1 Å². The molecule has 178 valence electrons. The summed E-state index contributed by atoms with van der Waals surface area (Å²) in [5.41, 5.74) is 1.21. The van der Waals surface area contributed by atoms with Crippen molar-refractivity contribution in [3.05, 3.63) is 35.7 Å². The molecular formula is C23H27N7O4. The van der Waals surface area contributed by atoms with E-state index < -0.39 is 11.9 Å². The number of likely N-dealkylation sites (N-methyl/N-ethyl adjacent to an activating group) is 1. The Labute approximate surface area is 196 Å². The molecule has 5 rings (SSSR count). The molecule has 0 saturated heterocycles. The quantitative estimate of drug-likeness (QED) is 0.586. The van der Waals surface area contributed by atoms with E-state index in [9.17, 15) is 9.59 Å². The summed E-state index contributed by atoms with van der Waals surface area (Å²) in [4.78, 5) is 31.7. The average molecular weight is 466 g/mol. The second kappa shape index (κ2) is 9.24. The number of carbonyl (C=O) groups is 2. The molecule has 3 aromatic rings. The van der Waals surface area contributed by atoms with Gasteiger partial charge in [-0.2, -0.15) is 0 Å². The highest BCUT2D eigenvalue weighted by Crippen LogP contribution is 2.34. The number of amides is 2. The molecule has 2 aromatic heterocycles. The highest BCUT2D eigenvalue weighted by Gasteiger charge is 2.32. The molecule has 1 aromatic carbocycles. The van der Waals surface area contributed by atoms with E-state index >= 15 is 0 Å². The third kappa shape index (κ3) is 4.50. The number of aromatic amines is 1. The second-order valence-electron chi connectivity index (χ2n) is 8.86. The minimum atomic E-state index is -0.890. The number of rotatable bonds is 5. The summed E-state index contributed by atoms with van der Waals surface area (Å²) in [6, 6.07) is 4.38. The lowest BCUT2D eigenvalue weighted by Gasteiger charge is -2.20. The van der Waals surface area contributed by atoms with Crippen LogP contribution in [0.3, 0.4) is 0 Å². The first-order valence-electron chi connectivity index (χ1n) is 11.5. The number of nitrogens with zero attached hydrogens (tertiary/aromatic N) is 5. The van der Waals surface area contributed by atoms with Gasteiger partial charge in [0.2, 0.25) is 17.6 Å². The van der Waals surface area contributed by atoms with Crippen LogP contribution in [0.2, 0.25) is 0 Å². The van der Waals surface area contributed by atoms with Crippen LogP contribution in [0.1, 0.15) is 54.4 Å². The summed E-state index contributed by atoms with van der Waals surface area (Å²) in [6.45, 7) is 1.69. The molecule has 0 radical (unpaired) electrons. The van der Waals surface area contributed by atoms with Crippen molar-refractivity contribution < 1.29 is 18.7 Å². The minimum absolute atomic E-state index is 0.0136. The summed E-state index contributed by atoms with van der Waals surface area (Å²) in [7, 11) is 1.63. The van der Waals surface area contributed by atoms with Gasteiger partial charge in [-0.1, -0.05) is 32.1 Å². The van der Waals surface area contributed by atoms with E-state index in [2.05, 4.69) is 30.7 Å². The summed E-state index contributed by atoms with van der Waals surface area (Å²) in [5.74, 6) is 1.78. The maximum atomic E-state index is 13.1. The fourth-order valence-electron chi connectivity index (χ4n) is 4.52. The van der Waals surface area contributed by atoms with Crippen molar-refractivity contribution >= 4 is 17.5 Å². The van der Waals surface area contributed by atoms with Crippen LogP contribution in [0.25, 0.3) is 11.5 Å². The van der Waals surface area contributed by atoms with E-state index in [-0.39, 0.29) is 18.3 Å². The zero-order chi connectivity index (χ0) is 23.7. The first-order chi connectivity index (χ1) is 16.5. The van der Waals surface area contributed by atoms with Crippen LogP contribution < -0.4 is 15.0 Å². The average Bonchev–Trinajstić information content (AvgIpc) is 3.48. The van der Waals surface area contributed by atoms with Gasteiger partial charge in [-0.15, -0.1) is 15.3 Å². The second-order valence-corrected chi connectivity index (χ2v) is 8.86. The van der Waals surface area contributed by atoms with Crippen LogP contribution in [0.15, 0.2) is 22.6 Å². The van der Waals surface area contributed by atoms with Gasteiger partial charge in [0.25, 0.3) is 11.8 Å². The molecule has 0 bridgehead atoms. The highest BCUT2D eigenvalue weighted by molar-refractivity contribution is 6.02. The van der Waals surface area contributed by atoms with E-state index in [0.717, 1.165) is 6.42 Å². The lowest BCUT2D eigenvalue weighted by molar-refractivity contribution is -0.120. The lowest BCUT2D eigenvalue weighted by Crippen LogP contribution is -2.49. The normalized spacial score (nSPS) is 18.8. The van der Waals surface area contributed by atoms with Gasteiger partial charge in [0.15, 0.2) is 0 Å². The van der Waals surface area contributed by atoms with E-state index in [1.807, 2.05) is 0 Å². The Morgan fingerprint density at radius 1 is 1.24 bits per heavy atom. The first-order valence-corrected chi connectivity index (χ1v) is 11.5. The number of H-pyrrole nitrogens is 1. The number of ether oxygens (including phenoxy) is 1. The number of benzene rings is 1. The Bertz CT molecular complexity index is 1200. The van der Waals surface area contributed by atoms with Crippen molar-refractivity contribution in [2.24, 2.45) is 5.92 Å². The molecule has 1 aliphatic heterocycles. The number of anilines is 1. The van der Waals surface area contributed by atoms with Crippen molar-refractivity contribution in [3.63, 3.8) is 0 Å². The Balaban J connectivity index is 1.27. The number of fused-ring (bicyclic) bond motifs is 1. The molecule has 2 N–H and O–H groups in total. The molecule has 1 atom stereocenters. The van der Waals surface area contributed by atoms with Crippen molar-refractivity contribution in [1.29, 1.82) is 0 Å². The lowest BCUT2D eigenvalue weighted by atomic mass is 9.87. The van der Waals surface area contributed by atoms with E-state index in [4.69, 9.17) is 9.15 Å². The molecule has 34 heavy (non-hydrogen) atoms. The van der Waals surface area contributed by atoms with E-state index in [1.165, 1.54) is 37.0 Å². The molecule has 11 heteroatoms. The van der Waals surface area contributed by atoms with Crippen molar-refractivity contribution in [2.75, 3.05) is 18.6 Å². The van der Waals surface area contributed by atoms with E-state index in [1.54, 1.807) is 32.2 Å². The largest absolute Gasteiger partial charge is 0.489 e. The third-order valence-corrected chi connectivity index (χ3v) is 6.37. The Kier molecular flexibility index (Phi) is 5.99. The molecule has 2 aliphatic rings. The summed E-state index contributed by atoms with van der Waals surface area (Å²) in [6.07, 6.45) is 6.90. The maximum Gasteiger partial charge on any atom is 0.291 e. The Morgan fingerprint density at radius 3 is 2.82 bits per heavy atom. The Hall–Kier alpha value is -3.76. The minimum Gasteiger partial charge on any atom is -0.489 e. The predicted molar refractivity (Wildman–Crippen MR) is 121 cm³/mol. The van der Waals surface area contributed by atoms with Crippen LogP contribution in [0.5, 0.6) is 5.75 Å². The fraction of sp³-hybridized carbons (Fsp3) is 0.478. The number of hydrogen-bond acceptors (Lipinski definition) is 8. The van der Waals surface area contributed by atoms with Gasteiger partial charge in [-0.25, -0.2) is 4.98 Å². The van der Waals surface area contributed by atoms with Gasteiger partial charge in [-0.3, -0.25) is 14.7 Å². The molecule has 2 amide bonds. The smallest absolute Gasteiger partial charge is 0.291 e. The van der Waals surface area contributed by atoms with Gasteiger partial charge < -0.3 is 19.4 Å². The molecule has 3 heterocycles. The van der Waals surface area contributed by atoms with Crippen LogP contribution >= 0.6 is 0 Å². The topological polar surface area (TPSA) is 139 Å². The highest BCUT2D eigenvalue weighted by atomic mass is 16.5. The van der Waals surface area contributed by atoms with Gasteiger partial charge in [0.05, 0.1) is 5.69 Å². The Morgan fingerprint density at radius 2 is 2.06 bits per heavy atom. The fourth-order valence-corrected chi connectivity index (χ4v) is 4.52. The maximum absolute atomic E-state index is 13.1. The van der Waals surface area contributed by atoms with Crippen molar-refractivity contribution in [3.8, 4) is 17.2 Å². The molecule has 0 unspecified atom stereocenters. The predicted octanol–water partition coefficient (Wildman–Crippen LogP) is 2.44. The van der Waals surface area contributed by atoms with Gasteiger partial charge in [0, 0.05) is 26.0 Å². The number of carbonyl (C=O) groups excluding carboxylic acids is 2. The summed E-state index contributed by atoms with van der Waals surface area (Å²) >= 11 is 0. The molecule has 11 nitrogen and oxygen atoms in total. The number of aromatic nitrogens is 5. The molecule has 1 fully saturated rings. The summed E-state index contributed by atoms with van der Waals surface area (Å²) in [5, 5.41) is 17.5.